The summed E-state index contributed by atoms with van der Waals surface area (Å²) in [5.74, 6) is 0. The Labute approximate surface area is 297 Å². The average molecular weight is 669 g/mol. The van der Waals surface area contributed by atoms with Crippen LogP contribution in [-0.2, 0) is 0 Å². The van der Waals surface area contributed by atoms with Gasteiger partial charge < -0.3 is 0 Å². The zero-order valence-electron chi connectivity index (χ0n) is 27.0. The molecule has 0 N–H and O–H groups in total. The molecule has 0 nitrogen and oxygen atoms in total. The highest BCUT2D eigenvalue weighted by Crippen LogP contribution is 2.50. The van der Waals surface area contributed by atoms with Gasteiger partial charge in [-0.25, -0.2) is 0 Å². The predicted molar refractivity (Wildman–Crippen MR) is 221 cm³/mol. The average Bonchev–Trinajstić information content (AvgIpc) is 3.76. The SMILES string of the molecule is c1ccc(-c2c3ccccc3c(-c3cccc(-c4ccc5c(c4)sc4c6ccccc6c6sc7ccccc7c6c54)c3)c3ccccc23)cc1. The maximum absolute atomic E-state index is 2.42. The summed E-state index contributed by atoms with van der Waals surface area (Å²) in [4.78, 5) is 0. The smallest absolute Gasteiger partial charge is 0.0441 e. The zero-order valence-corrected chi connectivity index (χ0v) is 28.6. The van der Waals surface area contributed by atoms with E-state index < -0.39 is 0 Å². The van der Waals surface area contributed by atoms with Gasteiger partial charge in [0, 0.05) is 51.1 Å². The van der Waals surface area contributed by atoms with E-state index in [1.807, 2.05) is 22.7 Å². The number of benzene rings is 9. The molecule has 2 aromatic heterocycles. The van der Waals surface area contributed by atoms with Gasteiger partial charge >= 0.3 is 0 Å². The lowest BCUT2D eigenvalue weighted by Crippen LogP contribution is -1.91. The van der Waals surface area contributed by atoms with E-state index in [2.05, 4.69) is 170 Å². The fraction of sp³-hybridized carbons (Fsp3) is 0. The number of rotatable bonds is 3. The molecule has 11 aromatic rings. The summed E-state index contributed by atoms with van der Waals surface area (Å²) < 4.78 is 5.46. The molecule has 50 heavy (non-hydrogen) atoms. The first-order valence-electron chi connectivity index (χ1n) is 17.1. The largest absolute Gasteiger partial charge is 0.135 e. The molecule has 0 saturated carbocycles. The van der Waals surface area contributed by atoms with Crippen molar-refractivity contribution >= 4 is 95.3 Å². The highest BCUT2D eigenvalue weighted by atomic mass is 32.1. The van der Waals surface area contributed by atoms with Crippen molar-refractivity contribution in [1.29, 1.82) is 0 Å². The fourth-order valence-electron chi connectivity index (χ4n) is 8.29. The third kappa shape index (κ3) is 4.04. The summed E-state index contributed by atoms with van der Waals surface area (Å²) in [6.45, 7) is 0. The van der Waals surface area contributed by atoms with Crippen molar-refractivity contribution in [2.75, 3.05) is 0 Å². The van der Waals surface area contributed by atoms with Crippen molar-refractivity contribution < 1.29 is 0 Å². The highest BCUT2D eigenvalue weighted by Gasteiger charge is 2.20. The van der Waals surface area contributed by atoms with Gasteiger partial charge in [-0.1, -0.05) is 152 Å². The molecular formula is C48H28S2. The Kier molecular flexibility index (Phi) is 6.09. The van der Waals surface area contributed by atoms with E-state index in [4.69, 9.17) is 0 Å². The fourth-order valence-corrected chi connectivity index (χ4v) is 10.8. The molecule has 0 aliphatic heterocycles. The van der Waals surface area contributed by atoms with Gasteiger partial charge in [0.2, 0.25) is 0 Å². The van der Waals surface area contributed by atoms with E-state index in [0.717, 1.165) is 0 Å². The van der Waals surface area contributed by atoms with Crippen molar-refractivity contribution in [1.82, 2.24) is 0 Å². The van der Waals surface area contributed by atoms with E-state index in [9.17, 15) is 0 Å². The van der Waals surface area contributed by atoms with Crippen molar-refractivity contribution in [3.8, 4) is 33.4 Å². The maximum Gasteiger partial charge on any atom is 0.0441 e. The van der Waals surface area contributed by atoms with Gasteiger partial charge in [0.15, 0.2) is 0 Å². The van der Waals surface area contributed by atoms with Crippen LogP contribution in [0.3, 0.4) is 0 Å². The third-order valence-corrected chi connectivity index (χ3v) is 12.8. The molecule has 0 aliphatic rings. The van der Waals surface area contributed by atoms with Gasteiger partial charge in [-0.2, -0.15) is 0 Å². The molecule has 0 fully saturated rings. The minimum absolute atomic E-state index is 1.23. The Morgan fingerprint density at radius 2 is 0.700 bits per heavy atom. The quantitative estimate of drug-likeness (QED) is 0.164. The minimum Gasteiger partial charge on any atom is -0.135 e. The molecule has 0 atom stereocenters. The van der Waals surface area contributed by atoms with E-state index in [1.165, 1.54) is 106 Å². The van der Waals surface area contributed by atoms with Gasteiger partial charge in [-0.05, 0) is 73.1 Å². The molecule has 9 aromatic carbocycles. The first kappa shape index (κ1) is 28.1. The Hall–Kier alpha value is -5.80. The van der Waals surface area contributed by atoms with Crippen LogP contribution in [0.15, 0.2) is 170 Å². The van der Waals surface area contributed by atoms with Crippen LogP contribution in [0.2, 0.25) is 0 Å². The minimum atomic E-state index is 1.23. The van der Waals surface area contributed by atoms with Crippen molar-refractivity contribution in [2.24, 2.45) is 0 Å². The third-order valence-electron chi connectivity index (χ3n) is 10.4. The molecule has 0 radical (unpaired) electrons. The van der Waals surface area contributed by atoms with Crippen molar-refractivity contribution in [3.05, 3.63) is 170 Å². The summed E-state index contributed by atoms with van der Waals surface area (Å²) in [6, 6.07) is 62.8. The van der Waals surface area contributed by atoms with Gasteiger partial charge in [0.25, 0.3) is 0 Å². The predicted octanol–water partition coefficient (Wildman–Crippen LogP) is 14.9. The second-order valence-corrected chi connectivity index (χ2v) is 15.3. The summed E-state index contributed by atoms with van der Waals surface area (Å²) in [5.41, 5.74) is 7.56. The van der Waals surface area contributed by atoms with E-state index in [0.29, 0.717) is 0 Å². The zero-order chi connectivity index (χ0) is 32.8. The van der Waals surface area contributed by atoms with E-state index >= 15 is 0 Å². The van der Waals surface area contributed by atoms with Crippen molar-refractivity contribution in [2.45, 2.75) is 0 Å². The maximum atomic E-state index is 2.42. The second kappa shape index (κ2) is 10.9. The molecule has 2 heteroatoms. The van der Waals surface area contributed by atoms with Crippen LogP contribution >= 0.6 is 22.7 Å². The lowest BCUT2D eigenvalue weighted by Gasteiger charge is -2.18. The van der Waals surface area contributed by atoms with Crippen molar-refractivity contribution in [3.63, 3.8) is 0 Å². The summed E-state index contributed by atoms with van der Waals surface area (Å²) in [5, 5.41) is 13.3. The molecule has 2 heterocycles. The first-order chi connectivity index (χ1) is 24.8. The van der Waals surface area contributed by atoms with Gasteiger partial charge in [-0.3, -0.25) is 0 Å². The van der Waals surface area contributed by atoms with Gasteiger partial charge in [0.1, 0.15) is 0 Å². The highest BCUT2D eigenvalue weighted by molar-refractivity contribution is 7.29. The molecular weight excluding hydrogens is 641 g/mol. The molecule has 0 aliphatic carbocycles. The first-order valence-corrected chi connectivity index (χ1v) is 18.7. The Morgan fingerprint density at radius 3 is 1.34 bits per heavy atom. The summed E-state index contributed by atoms with van der Waals surface area (Å²) in [6.07, 6.45) is 0. The van der Waals surface area contributed by atoms with Crippen LogP contribution < -0.4 is 0 Å². The van der Waals surface area contributed by atoms with Crippen LogP contribution in [0, 0.1) is 0 Å². The Morgan fingerprint density at radius 1 is 0.260 bits per heavy atom. The summed E-state index contributed by atoms with van der Waals surface area (Å²) in [7, 11) is 0. The van der Waals surface area contributed by atoms with Gasteiger partial charge in [0.05, 0.1) is 0 Å². The van der Waals surface area contributed by atoms with E-state index in [-0.39, 0.29) is 0 Å². The van der Waals surface area contributed by atoms with Crippen LogP contribution in [0.5, 0.6) is 0 Å². The molecule has 11 rings (SSSR count). The topological polar surface area (TPSA) is 0 Å². The summed E-state index contributed by atoms with van der Waals surface area (Å²) >= 11 is 3.86. The molecule has 0 saturated heterocycles. The van der Waals surface area contributed by atoms with Crippen LogP contribution in [0.1, 0.15) is 0 Å². The lowest BCUT2D eigenvalue weighted by atomic mass is 9.85. The lowest BCUT2D eigenvalue weighted by molar-refractivity contribution is 1.63. The molecule has 0 spiro atoms. The normalized spacial score (nSPS) is 12.0. The van der Waals surface area contributed by atoms with Crippen LogP contribution in [0.4, 0.5) is 0 Å². The number of hydrogen-bond acceptors (Lipinski definition) is 2. The number of thiophene rings is 2. The Bertz CT molecular complexity index is 3080. The number of hydrogen-bond donors (Lipinski definition) is 0. The number of fused-ring (bicyclic) bond motifs is 12. The second-order valence-electron chi connectivity index (χ2n) is 13.2. The van der Waals surface area contributed by atoms with Crippen LogP contribution in [0.25, 0.3) is 106 Å². The van der Waals surface area contributed by atoms with Gasteiger partial charge in [-0.15, -0.1) is 22.7 Å². The standard InChI is InChI=1S/C48H28S2/c1-2-13-29(14-3-1)43-33-17-4-6-19-35(33)44(36-20-7-5-18-34(36)43)32-16-12-15-30(27-32)31-25-26-40-42(28-31)50-48-38-22-9-8-21-37(38)47-45(46(40)48)39-23-10-11-24-41(39)49-47/h1-28H. The monoisotopic (exact) mass is 668 g/mol. The Balaban J connectivity index is 1.14. The molecule has 0 bridgehead atoms. The molecule has 0 amide bonds. The van der Waals surface area contributed by atoms with E-state index in [1.54, 1.807) is 0 Å². The molecule has 232 valence electrons. The molecule has 0 unspecified atom stereocenters. The van der Waals surface area contributed by atoms with Crippen LogP contribution in [-0.4, -0.2) is 0 Å².